The lowest BCUT2D eigenvalue weighted by atomic mass is 9.95. The number of rotatable bonds is 14. The Kier molecular flexibility index (Phi) is 9.97. The van der Waals surface area contributed by atoms with Crippen LogP contribution in [0.4, 0.5) is 0 Å². The fraction of sp³-hybridized carbons (Fsp3) is 0.714. The zero-order chi connectivity index (χ0) is 25.5. The molecule has 0 saturated carbocycles. The molecule has 6 nitrogen and oxygen atoms in total. The van der Waals surface area contributed by atoms with E-state index in [1.54, 1.807) is 6.42 Å². The first-order valence-corrected chi connectivity index (χ1v) is 16.1. The van der Waals surface area contributed by atoms with Crippen LogP contribution < -0.4 is 0 Å². The van der Waals surface area contributed by atoms with Gasteiger partial charge in [0.15, 0.2) is 14.1 Å². The zero-order valence-corrected chi connectivity index (χ0v) is 23.3. The maximum atomic E-state index is 11.2. The van der Waals surface area contributed by atoms with Crippen LogP contribution >= 0.6 is 0 Å². The van der Waals surface area contributed by atoms with E-state index in [0.29, 0.717) is 13.0 Å². The smallest absolute Gasteiger partial charge is 0.303 e. The number of aliphatic carboxylic acids is 1. The van der Waals surface area contributed by atoms with Crippen molar-refractivity contribution < 1.29 is 28.5 Å². The number of ether oxygens (including phenoxy) is 3. The van der Waals surface area contributed by atoms with E-state index in [2.05, 4.69) is 46.0 Å². The minimum absolute atomic E-state index is 0.00105. The molecule has 7 heteroatoms. The molecule has 2 aliphatic heterocycles. The second-order valence-corrected chi connectivity index (χ2v) is 16.3. The largest absolute Gasteiger partial charge is 0.481 e. The van der Waals surface area contributed by atoms with Crippen molar-refractivity contribution in [2.24, 2.45) is 0 Å². The number of carboxylic acid groups (broad SMARTS) is 1. The zero-order valence-electron chi connectivity index (χ0n) is 22.3. The molecular weight excluding hydrogens is 460 g/mol. The maximum absolute atomic E-state index is 11.2. The van der Waals surface area contributed by atoms with Crippen LogP contribution in [0.15, 0.2) is 30.3 Å². The first-order chi connectivity index (χ1) is 16.5. The van der Waals surface area contributed by atoms with Gasteiger partial charge in [-0.2, -0.15) is 0 Å². The van der Waals surface area contributed by atoms with Gasteiger partial charge in [-0.3, -0.25) is 4.79 Å². The first kappa shape index (κ1) is 28.3. The summed E-state index contributed by atoms with van der Waals surface area (Å²) in [6.07, 6.45) is 8.14. The van der Waals surface area contributed by atoms with E-state index in [1.165, 1.54) is 5.56 Å². The number of unbranched alkanes of at least 4 members (excludes halogenated alkanes) is 3. The van der Waals surface area contributed by atoms with Crippen molar-refractivity contribution in [3.63, 3.8) is 0 Å². The summed E-state index contributed by atoms with van der Waals surface area (Å²) in [6.45, 7) is 12.7. The van der Waals surface area contributed by atoms with Gasteiger partial charge in [-0.05, 0) is 43.0 Å². The predicted molar refractivity (Wildman–Crippen MR) is 140 cm³/mol. The number of fused-ring (bicyclic) bond motifs is 2. The van der Waals surface area contributed by atoms with E-state index in [9.17, 15) is 9.90 Å². The Balaban J connectivity index is 1.46. The average Bonchev–Trinajstić information content (AvgIpc) is 3.09. The lowest BCUT2D eigenvalue weighted by molar-refractivity contribution is -0.188. The van der Waals surface area contributed by atoms with Crippen LogP contribution in [0.1, 0.15) is 77.7 Å². The standard InChI is InChI=1S/C28H45O6Si/c1-27(2,3)35(4,5)34-24-16-18-28(19-17-25(29)30)32-23(26(24)33-28)15-11-6-7-12-20-31-21-22-13-9-8-10-14-22/h8-10,13-14,19,23-24,26H,6-7,11-12,15-18,20-21H2,1-5H3,(H,29,30)/t23-,24+,26-,28-/m0/s1. The molecule has 2 bridgehead atoms. The van der Waals surface area contributed by atoms with Crippen LogP contribution in [0, 0.1) is 6.42 Å². The molecule has 1 aromatic carbocycles. The van der Waals surface area contributed by atoms with E-state index in [1.807, 2.05) is 18.2 Å². The summed E-state index contributed by atoms with van der Waals surface area (Å²) in [4.78, 5) is 11.2. The van der Waals surface area contributed by atoms with Crippen LogP contribution in [0.25, 0.3) is 0 Å². The topological polar surface area (TPSA) is 74.2 Å². The molecule has 2 saturated heterocycles. The lowest BCUT2D eigenvalue weighted by Gasteiger charge is -2.43. The molecule has 2 aliphatic rings. The molecule has 3 rings (SSSR count). The number of benzene rings is 1. The summed E-state index contributed by atoms with van der Waals surface area (Å²) >= 11 is 0. The third-order valence-electron chi connectivity index (χ3n) is 7.68. The molecule has 4 atom stereocenters. The molecule has 1 aromatic rings. The van der Waals surface area contributed by atoms with Gasteiger partial charge in [0.1, 0.15) is 6.10 Å². The fourth-order valence-electron chi connectivity index (χ4n) is 4.61. The van der Waals surface area contributed by atoms with E-state index < -0.39 is 20.1 Å². The summed E-state index contributed by atoms with van der Waals surface area (Å²) < 4.78 is 25.4. The molecule has 2 fully saturated rings. The summed E-state index contributed by atoms with van der Waals surface area (Å²) in [7, 11) is -1.96. The van der Waals surface area contributed by atoms with Crippen molar-refractivity contribution in [1.29, 1.82) is 0 Å². The fourth-order valence-corrected chi connectivity index (χ4v) is 5.97. The number of carboxylic acids is 1. The number of carbonyl (C=O) groups is 1. The van der Waals surface area contributed by atoms with Gasteiger partial charge in [0.05, 0.1) is 25.2 Å². The molecule has 197 valence electrons. The summed E-state index contributed by atoms with van der Waals surface area (Å²) in [5.74, 6) is -1.74. The molecule has 0 aromatic heterocycles. The quantitative estimate of drug-likeness (QED) is 0.230. The highest BCUT2D eigenvalue weighted by Gasteiger charge is 2.55. The normalized spacial score (nSPS) is 26.7. The molecule has 0 aliphatic carbocycles. The van der Waals surface area contributed by atoms with Crippen molar-refractivity contribution in [3.8, 4) is 0 Å². The second kappa shape index (κ2) is 12.3. The molecule has 0 spiro atoms. The highest BCUT2D eigenvalue weighted by Crippen LogP contribution is 2.47. The van der Waals surface area contributed by atoms with E-state index in [4.69, 9.17) is 18.6 Å². The van der Waals surface area contributed by atoms with Gasteiger partial charge >= 0.3 is 5.97 Å². The molecule has 0 amide bonds. The van der Waals surface area contributed by atoms with Crippen molar-refractivity contribution >= 4 is 14.3 Å². The summed E-state index contributed by atoms with van der Waals surface area (Å²) in [6, 6.07) is 10.3. The Bertz CT molecular complexity index is 792. The van der Waals surface area contributed by atoms with E-state index in [0.717, 1.165) is 45.1 Å². The lowest BCUT2D eigenvalue weighted by Crippen LogP contribution is -2.51. The molecule has 1 N–H and O–H groups in total. The maximum Gasteiger partial charge on any atom is 0.303 e. The number of hydrogen-bond donors (Lipinski definition) is 1. The first-order valence-electron chi connectivity index (χ1n) is 13.2. The average molecular weight is 506 g/mol. The van der Waals surface area contributed by atoms with E-state index >= 15 is 0 Å². The highest BCUT2D eigenvalue weighted by atomic mass is 28.4. The molecular formula is C28H45O6Si. The molecule has 1 radical (unpaired) electrons. The Morgan fingerprint density at radius 1 is 1.14 bits per heavy atom. The Labute approximate surface area is 212 Å². The summed E-state index contributed by atoms with van der Waals surface area (Å²) in [5, 5.41) is 9.30. The van der Waals surface area contributed by atoms with Crippen molar-refractivity contribution in [1.82, 2.24) is 0 Å². The Hall–Kier alpha value is -1.25. The van der Waals surface area contributed by atoms with Crippen LogP contribution in [0.2, 0.25) is 18.1 Å². The van der Waals surface area contributed by atoms with Crippen molar-refractivity contribution in [2.45, 2.75) is 121 Å². The third kappa shape index (κ3) is 8.12. The molecule has 35 heavy (non-hydrogen) atoms. The van der Waals surface area contributed by atoms with Crippen LogP contribution in [0.5, 0.6) is 0 Å². The van der Waals surface area contributed by atoms with Crippen molar-refractivity contribution in [2.75, 3.05) is 6.61 Å². The minimum atomic E-state index is -1.96. The van der Waals surface area contributed by atoms with Gasteiger partial charge in [0.25, 0.3) is 0 Å². The Morgan fingerprint density at radius 2 is 1.86 bits per heavy atom. The Morgan fingerprint density at radius 3 is 2.54 bits per heavy atom. The molecule has 2 heterocycles. The monoisotopic (exact) mass is 505 g/mol. The molecule has 0 unspecified atom stereocenters. The highest BCUT2D eigenvalue weighted by molar-refractivity contribution is 6.74. The minimum Gasteiger partial charge on any atom is -0.481 e. The van der Waals surface area contributed by atoms with Crippen LogP contribution in [-0.2, 0) is 30.0 Å². The van der Waals surface area contributed by atoms with Crippen LogP contribution in [-0.4, -0.2) is 50.1 Å². The number of hydrogen-bond acceptors (Lipinski definition) is 5. The van der Waals surface area contributed by atoms with Gasteiger partial charge in [0.2, 0.25) is 0 Å². The van der Waals surface area contributed by atoms with Gasteiger partial charge in [-0.15, -0.1) is 0 Å². The summed E-state index contributed by atoms with van der Waals surface area (Å²) in [5.41, 5.74) is 1.21. The van der Waals surface area contributed by atoms with Gasteiger partial charge in [-0.25, -0.2) is 0 Å². The predicted octanol–water partition coefficient (Wildman–Crippen LogP) is 6.50. The van der Waals surface area contributed by atoms with Gasteiger partial charge in [-0.1, -0.05) is 70.4 Å². The second-order valence-electron chi connectivity index (χ2n) is 11.5. The van der Waals surface area contributed by atoms with Crippen molar-refractivity contribution in [3.05, 3.63) is 42.3 Å². The SMILES string of the molecule is CC(C)(C)[Si](C)(C)O[C@@H]1CC[C@@]2([CH]CC(=O)O)O[C@H]1[C@H](CCCCCCOCc1ccccc1)O2. The van der Waals surface area contributed by atoms with E-state index in [-0.39, 0.29) is 29.8 Å². The third-order valence-corrected chi connectivity index (χ3v) is 12.2. The van der Waals surface area contributed by atoms with Gasteiger partial charge < -0.3 is 23.7 Å². The van der Waals surface area contributed by atoms with Gasteiger partial charge in [0, 0.05) is 19.4 Å². The van der Waals surface area contributed by atoms with Crippen LogP contribution in [0.3, 0.4) is 0 Å².